The number of rotatable bonds is 8. The van der Waals surface area contributed by atoms with E-state index < -0.39 is 23.8 Å². The van der Waals surface area contributed by atoms with Gasteiger partial charge in [0.2, 0.25) is 11.8 Å². The molecule has 0 aliphatic heterocycles. The highest BCUT2D eigenvalue weighted by molar-refractivity contribution is 5.93. The van der Waals surface area contributed by atoms with Gasteiger partial charge in [0.05, 0.1) is 0 Å². The predicted octanol–water partition coefficient (Wildman–Crippen LogP) is 4.80. The van der Waals surface area contributed by atoms with Crippen molar-refractivity contribution in [3.63, 3.8) is 0 Å². The first kappa shape index (κ1) is 27.7. The zero-order valence-corrected chi connectivity index (χ0v) is 22.3. The van der Waals surface area contributed by atoms with Gasteiger partial charge in [0.25, 0.3) is 0 Å². The van der Waals surface area contributed by atoms with Crippen molar-refractivity contribution < 1.29 is 19.1 Å². The van der Waals surface area contributed by atoms with E-state index in [1.807, 2.05) is 59.7 Å². The molecule has 2 rings (SSSR count). The van der Waals surface area contributed by atoms with Gasteiger partial charge in [-0.3, -0.25) is 9.59 Å². The molecule has 1 aliphatic rings. The number of carbonyl (C=O) groups excluding carboxylic acids is 3. The van der Waals surface area contributed by atoms with Crippen molar-refractivity contribution in [3.8, 4) is 0 Å². The van der Waals surface area contributed by atoms with Crippen LogP contribution in [0.4, 0.5) is 4.79 Å². The molecular formula is C27H43N3O4. The molecule has 1 saturated carbocycles. The summed E-state index contributed by atoms with van der Waals surface area (Å²) in [4.78, 5) is 42.0. The lowest BCUT2D eigenvalue weighted by atomic mass is 9.86. The zero-order valence-electron chi connectivity index (χ0n) is 22.3. The van der Waals surface area contributed by atoms with Gasteiger partial charge in [-0.25, -0.2) is 4.79 Å². The second-order valence-corrected chi connectivity index (χ2v) is 11.1. The lowest BCUT2D eigenvalue weighted by Gasteiger charge is -2.44. The average Bonchev–Trinajstić information content (AvgIpc) is 2.64. The minimum absolute atomic E-state index is 0.0583. The van der Waals surface area contributed by atoms with Gasteiger partial charge >= 0.3 is 6.09 Å². The first-order valence-corrected chi connectivity index (χ1v) is 12.4. The second-order valence-electron chi connectivity index (χ2n) is 11.1. The molecule has 0 aromatic heterocycles. The highest BCUT2D eigenvalue weighted by Crippen LogP contribution is 2.35. The van der Waals surface area contributed by atoms with E-state index in [2.05, 4.69) is 10.6 Å². The number of benzene rings is 1. The monoisotopic (exact) mass is 473 g/mol. The number of carbonyl (C=O) groups is 3. The molecule has 0 spiro atoms. The van der Waals surface area contributed by atoms with Crippen molar-refractivity contribution in [2.24, 2.45) is 5.92 Å². The Hall–Kier alpha value is -2.57. The molecule has 2 atom stereocenters. The highest BCUT2D eigenvalue weighted by Gasteiger charge is 2.43. The number of amides is 3. The summed E-state index contributed by atoms with van der Waals surface area (Å²) in [6.07, 6.45) is 2.03. The molecule has 0 heterocycles. The Morgan fingerprint density at radius 3 is 2.12 bits per heavy atom. The molecule has 1 fully saturated rings. The third kappa shape index (κ3) is 7.21. The van der Waals surface area contributed by atoms with E-state index in [9.17, 15) is 14.4 Å². The quantitative estimate of drug-likeness (QED) is 0.568. The molecule has 0 saturated heterocycles. The van der Waals surface area contributed by atoms with Crippen LogP contribution in [0.3, 0.4) is 0 Å². The molecule has 2 N–H and O–H groups in total. The fourth-order valence-electron chi connectivity index (χ4n) is 4.13. The normalized spacial score (nSPS) is 16.0. The number of ether oxygens (including phenoxy) is 1. The van der Waals surface area contributed by atoms with Crippen LogP contribution in [0, 0.1) is 19.8 Å². The molecular weight excluding hydrogens is 430 g/mol. The first-order chi connectivity index (χ1) is 15.7. The van der Waals surface area contributed by atoms with Crippen LogP contribution in [0.2, 0.25) is 0 Å². The molecule has 1 aromatic rings. The van der Waals surface area contributed by atoms with Crippen molar-refractivity contribution in [1.82, 2.24) is 15.5 Å². The number of hydrogen-bond acceptors (Lipinski definition) is 4. The molecule has 34 heavy (non-hydrogen) atoms. The summed E-state index contributed by atoms with van der Waals surface area (Å²) in [6, 6.07) is 4.27. The maximum Gasteiger partial charge on any atom is 0.408 e. The van der Waals surface area contributed by atoms with E-state index in [1.165, 1.54) is 0 Å². The SMILES string of the molecule is Cc1ccc(C)c(C(C(=O)NC(C)C)N(C(=O)C(NC(=O)OC(C)(C)C)C(C)C)C2CCC2)c1. The van der Waals surface area contributed by atoms with Gasteiger partial charge in [0, 0.05) is 12.1 Å². The van der Waals surface area contributed by atoms with E-state index in [-0.39, 0.29) is 29.8 Å². The Kier molecular flexibility index (Phi) is 9.15. The van der Waals surface area contributed by atoms with E-state index >= 15 is 0 Å². The maximum atomic E-state index is 14.1. The van der Waals surface area contributed by atoms with Gasteiger partial charge < -0.3 is 20.3 Å². The number of nitrogens with zero attached hydrogens (tertiary/aromatic N) is 1. The summed E-state index contributed by atoms with van der Waals surface area (Å²) in [7, 11) is 0. The molecule has 0 radical (unpaired) electrons. The molecule has 7 nitrogen and oxygen atoms in total. The van der Waals surface area contributed by atoms with E-state index in [0.717, 1.165) is 36.0 Å². The summed E-state index contributed by atoms with van der Waals surface area (Å²) < 4.78 is 5.43. The molecule has 7 heteroatoms. The van der Waals surface area contributed by atoms with Crippen molar-refractivity contribution in [2.45, 2.75) is 111 Å². The third-order valence-corrected chi connectivity index (χ3v) is 6.01. The van der Waals surface area contributed by atoms with E-state index in [1.54, 1.807) is 25.7 Å². The third-order valence-electron chi connectivity index (χ3n) is 6.01. The van der Waals surface area contributed by atoms with Gasteiger partial charge in [-0.2, -0.15) is 0 Å². The Morgan fingerprint density at radius 2 is 1.65 bits per heavy atom. The minimum atomic E-state index is -0.810. The van der Waals surface area contributed by atoms with Crippen molar-refractivity contribution >= 4 is 17.9 Å². The lowest BCUT2D eigenvalue weighted by molar-refractivity contribution is -0.148. The smallest absolute Gasteiger partial charge is 0.408 e. The van der Waals surface area contributed by atoms with Crippen LogP contribution >= 0.6 is 0 Å². The zero-order chi connectivity index (χ0) is 25.8. The van der Waals surface area contributed by atoms with Crippen LogP contribution < -0.4 is 10.6 Å². The van der Waals surface area contributed by atoms with Gasteiger partial charge in [-0.1, -0.05) is 37.6 Å². The van der Waals surface area contributed by atoms with Crippen molar-refractivity contribution in [2.75, 3.05) is 0 Å². The molecule has 0 bridgehead atoms. The van der Waals surface area contributed by atoms with Gasteiger partial charge in [-0.05, 0) is 84.8 Å². The number of nitrogens with one attached hydrogen (secondary N) is 2. The summed E-state index contributed by atoms with van der Waals surface area (Å²) in [5, 5.41) is 5.81. The van der Waals surface area contributed by atoms with Crippen LogP contribution in [0.5, 0.6) is 0 Å². The number of hydrogen-bond donors (Lipinski definition) is 2. The predicted molar refractivity (Wildman–Crippen MR) is 134 cm³/mol. The van der Waals surface area contributed by atoms with Gasteiger partial charge in [0.15, 0.2) is 0 Å². The number of aryl methyl sites for hydroxylation is 2. The second kappa shape index (κ2) is 11.2. The largest absolute Gasteiger partial charge is 0.444 e. The fraction of sp³-hybridized carbons (Fsp3) is 0.667. The standard InChI is InChI=1S/C27H43N3O4/c1-16(2)22(29-26(33)34-27(7,8)9)25(32)30(20-11-10-12-20)23(24(31)28-17(3)4)21-15-18(5)13-14-19(21)6/h13-17,20,22-23H,10-12H2,1-9H3,(H,28,31)(H,29,33). The van der Waals surface area contributed by atoms with E-state index in [0.29, 0.717) is 0 Å². The van der Waals surface area contributed by atoms with Crippen LogP contribution in [0.25, 0.3) is 0 Å². The summed E-state index contributed by atoms with van der Waals surface area (Å²) in [6.45, 7) is 16.9. The van der Waals surface area contributed by atoms with E-state index in [4.69, 9.17) is 4.74 Å². The van der Waals surface area contributed by atoms with Crippen LogP contribution in [-0.4, -0.2) is 46.5 Å². The topological polar surface area (TPSA) is 87.7 Å². The fourth-order valence-corrected chi connectivity index (χ4v) is 4.13. The summed E-state index contributed by atoms with van der Waals surface area (Å²) in [5.41, 5.74) is 2.11. The summed E-state index contributed by atoms with van der Waals surface area (Å²) in [5.74, 6) is -0.644. The molecule has 190 valence electrons. The highest BCUT2D eigenvalue weighted by atomic mass is 16.6. The average molecular weight is 474 g/mol. The van der Waals surface area contributed by atoms with Crippen molar-refractivity contribution in [1.29, 1.82) is 0 Å². The first-order valence-electron chi connectivity index (χ1n) is 12.4. The minimum Gasteiger partial charge on any atom is -0.444 e. The van der Waals surface area contributed by atoms with Crippen LogP contribution in [0.15, 0.2) is 18.2 Å². The van der Waals surface area contributed by atoms with Crippen LogP contribution in [-0.2, 0) is 14.3 Å². The Balaban J connectivity index is 2.53. The molecule has 1 aliphatic carbocycles. The Bertz CT molecular complexity index is 884. The van der Waals surface area contributed by atoms with Gasteiger partial charge in [-0.15, -0.1) is 0 Å². The maximum absolute atomic E-state index is 14.1. The number of alkyl carbamates (subject to hydrolysis) is 1. The molecule has 3 amide bonds. The van der Waals surface area contributed by atoms with Crippen LogP contribution in [0.1, 0.15) is 90.5 Å². The van der Waals surface area contributed by atoms with Gasteiger partial charge in [0.1, 0.15) is 17.7 Å². The Labute approximate surface area is 205 Å². The lowest BCUT2D eigenvalue weighted by Crippen LogP contribution is -2.59. The van der Waals surface area contributed by atoms with Crippen molar-refractivity contribution in [3.05, 3.63) is 34.9 Å². The molecule has 2 unspecified atom stereocenters. The summed E-state index contributed by atoms with van der Waals surface area (Å²) >= 11 is 0. The molecule has 1 aromatic carbocycles. The Morgan fingerprint density at radius 1 is 1.03 bits per heavy atom.